The molecule has 108 valence electrons. The van der Waals surface area contributed by atoms with Gasteiger partial charge in [-0.25, -0.2) is 4.98 Å². The van der Waals surface area contributed by atoms with Crippen molar-refractivity contribution in [1.29, 1.82) is 0 Å². The van der Waals surface area contributed by atoms with Gasteiger partial charge in [0.25, 0.3) is 0 Å². The summed E-state index contributed by atoms with van der Waals surface area (Å²) in [5.74, 6) is 0.774. The molecular formula is C18H16N4. The molecule has 1 aliphatic heterocycles. The third-order valence-electron chi connectivity index (χ3n) is 3.95. The monoisotopic (exact) mass is 288 g/mol. The molecule has 0 saturated heterocycles. The first-order valence-electron chi connectivity index (χ1n) is 7.28. The Balaban J connectivity index is 2.04. The number of aryl methyl sites for hydroxylation is 1. The fourth-order valence-electron chi connectivity index (χ4n) is 2.94. The summed E-state index contributed by atoms with van der Waals surface area (Å²) in [6.45, 7) is 2.04. The summed E-state index contributed by atoms with van der Waals surface area (Å²) in [4.78, 5) is 9.21. The van der Waals surface area contributed by atoms with Gasteiger partial charge in [0.2, 0.25) is 0 Å². The Bertz CT molecular complexity index is 862. The van der Waals surface area contributed by atoms with Gasteiger partial charge >= 0.3 is 0 Å². The molecule has 0 radical (unpaired) electrons. The summed E-state index contributed by atoms with van der Waals surface area (Å²) in [7, 11) is 0. The van der Waals surface area contributed by atoms with Gasteiger partial charge in [-0.05, 0) is 13.0 Å². The number of hydrogen-bond acceptors (Lipinski definition) is 3. The lowest BCUT2D eigenvalue weighted by Gasteiger charge is -2.12. The number of nitrogens with zero attached hydrogens (tertiary/aromatic N) is 3. The molecule has 4 heteroatoms. The summed E-state index contributed by atoms with van der Waals surface area (Å²) in [6, 6.07) is 18.4. The van der Waals surface area contributed by atoms with Crippen molar-refractivity contribution in [2.75, 3.05) is 0 Å². The molecule has 1 aliphatic rings. The molecule has 0 fully saturated rings. The number of rotatable bonds is 1. The molecule has 2 N–H and O–H groups in total. The number of aromatic nitrogens is 2. The first-order valence-corrected chi connectivity index (χ1v) is 7.28. The topological polar surface area (TPSA) is 56.2 Å². The highest BCUT2D eigenvalue weighted by atomic mass is 15.2. The SMILES string of the molecule is Cc1cnc2n1-c1ccccc1C(c1ccccc1)=N[C@H]2N. The van der Waals surface area contributed by atoms with E-state index in [2.05, 4.69) is 33.8 Å². The molecule has 4 rings (SSSR count). The van der Waals surface area contributed by atoms with Gasteiger partial charge in [-0.15, -0.1) is 0 Å². The van der Waals surface area contributed by atoms with Gasteiger partial charge in [0.15, 0.2) is 12.0 Å². The van der Waals surface area contributed by atoms with Crippen LogP contribution in [0.5, 0.6) is 0 Å². The van der Waals surface area contributed by atoms with Crippen molar-refractivity contribution in [2.24, 2.45) is 10.7 Å². The minimum Gasteiger partial charge on any atom is -0.303 e. The maximum atomic E-state index is 6.30. The summed E-state index contributed by atoms with van der Waals surface area (Å²) in [5.41, 5.74) is 11.5. The third-order valence-corrected chi connectivity index (χ3v) is 3.95. The summed E-state index contributed by atoms with van der Waals surface area (Å²) < 4.78 is 2.10. The van der Waals surface area contributed by atoms with Gasteiger partial charge in [-0.2, -0.15) is 0 Å². The Morgan fingerprint density at radius 1 is 1.00 bits per heavy atom. The molecule has 0 amide bonds. The van der Waals surface area contributed by atoms with Crippen molar-refractivity contribution in [3.8, 4) is 5.69 Å². The zero-order chi connectivity index (χ0) is 15.1. The van der Waals surface area contributed by atoms with Crippen molar-refractivity contribution in [1.82, 2.24) is 9.55 Å². The van der Waals surface area contributed by atoms with E-state index in [0.29, 0.717) is 0 Å². The van der Waals surface area contributed by atoms with Gasteiger partial charge < -0.3 is 5.73 Å². The normalized spacial score (nSPS) is 16.5. The van der Waals surface area contributed by atoms with Crippen LogP contribution in [0, 0.1) is 6.92 Å². The second-order valence-electron chi connectivity index (χ2n) is 5.40. The lowest BCUT2D eigenvalue weighted by atomic mass is 10.0. The minimum atomic E-state index is -0.476. The number of para-hydroxylation sites is 1. The van der Waals surface area contributed by atoms with Gasteiger partial charge in [0, 0.05) is 23.0 Å². The highest BCUT2D eigenvalue weighted by molar-refractivity contribution is 6.15. The Labute approximate surface area is 129 Å². The Morgan fingerprint density at radius 2 is 1.73 bits per heavy atom. The molecule has 2 aromatic carbocycles. The van der Waals surface area contributed by atoms with Crippen LogP contribution in [-0.4, -0.2) is 15.3 Å². The second kappa shape index (κ2) is 4.93. The predicted octanol–water partition coefficient (Wildman–Crippen LogP) is 2.99. The van der Waals surface area contributed by atoms with E-state index in [0.717, 1.165) is 34.0 Å². The Hall–Kier alpha value is -2.72. The van der Waals surface area contributed by atoms with E-state index < -0.39 is 6.17 Å². The number of fused-ring (bicyclic) bond motifs is 3. The number of aliphatic imine (C=N–C) groups is 1. The second-order valence-corrected chi connectivity index (χ2v) is 5.40. The van der Waals surface area contributed by atoms with E-state index in [1.807, 2.05) is 43.5 Å². The molecule has 0 saturated carbocycles. The van der Waals surface area contributed by atoms with Gasteiger partial charge in [-0.1, -0.05) is 48.5 Å². The summed E-state index contributed by atoms with van der Waals surface area (Å²) in [5, 5.41) is 0. The Morgan fingerprint density at radius 3 is 2.55 bits per heavy atom. The van der Waals surface area contributed by atoms with Crippen LogP contribution < -0.4 is 5.73 Å². The Kier molecular flexibility index (Phi) is 2.91. The van der Waals surface area contributed by atoms with E-state index >= 15 is 0 Å². The number of benzene rings is 2. The van der Waals surface area contributed by atoms with Crippen LogP contribution in [0.4, 0.5) is 0 Å². The average Bonchev–Trinajstić information content (AvgIpc) is 2.89. The van der Waals surface area contributed by atoms with E-state index in [1.165, 1.54) is 0 Å². The fraction of sp³-hybridized carbons (Fsp3) is 0.111. The molecule has 1 aromatic heterocycles. The predicted molar refractivity (Wildman–Crippen MR) is 87.3 cm³/mol. The first-order chi connectivity index (χ1) is 10.8. The molecular weight excluding hydrogens is 272 g/mol. The van der Waals surface area contributed by atoms with Crippen molar-refractivity contribution >= 4 is 5.71 Å². The van der Waals surface area contributed by atoms with E-state index in [-0.39, 0.29) is 0 Å². The molecule has 3 aromatic rings. The van der Waals surface area contributed by atoms with Gasteiger partial charge in [0.05, 0.1) is 11.4 Å². The number of hydrogen-bond donors (Lipinski definition) is 1. The quantitative estimate of drug-likeness (QED) is 0.748. The molecule has 0 unspecified atom stereocenters. The lowest BCUT2D eigenvalue weighted by molar-refractivity contribution is 0.694. The van der Waals surface area contributed by atoms with Crippen molar-refractivity contribution in [2.45, 2.75) is 13.1 Å². The van der Waals surface area contributed by atoms with Crippen LogP contribution in [-0.2, 0) is 0 Å². The van der Waals surface area contributed by atoms with Crippen LogP contribution in [0.15, 0.2) is 65.8 Å². The number of nitrogens with two attached hydrogens (primary N) is 1. The molecule has 1 atom stereocenters. The van der Waals surface area contributed by atoms with Gasteiger partial charge in [0.1, 0.15) is 0 Å². The van der Waals surface area contributed by atoms with Crippen LogP contribution >= 0.6 is 0 Å². The van der Waals surface area contributed by atoms with Crippen molar-refractivity contribution in [3.63, 3.8) is 0 Å². The van der Waals surface area contributed by atoms with E-state index in [4.69, 9.17) is 10.7 Å². The van der Waals surface area contributed by atoms with Crippen LogP contribution in [0.3, 0.4) is 0 Å². The zero-order valence-corrected chi connectivity index (χ0v) is 12.3. The zero-order valence-electron chi connectivity index (χ0n) is 12.3. The number of imidazole rings is 1. The molecule has 0 aliphatic carbocycles. The minimum absolute atomic E-state index is 0.476. The first kappa shape index (κ1) is 13.0. The van der Waals surface area contributed by atoms with Crippen LogP contribution in [0.1, 0.15) is 28.8 Å². The molecule has 0 spiro atoms. The van der Waals surface area contributed by atoms with Crippen molar-refractivity contribution in [3.05, 3.63) is 83.4 Å². The lowest BCUT2D eigenvalue weighted by Crippen LogP contribution is -2.13. The maximum absolute atomic E-state index is 6.30. The summed E-state index contributed by atoms with van der Waals surface area (Å²) in [6.07, 6.45) is 1.37. The fourth-order valence-corrected chi connectivity index (χ4v) is 2.94. The third kappa shape index (κ3) is 1.89. The van der Waals surface area contributed by atoms with E-state index in [1.54, 1.807) is 0 Å². The highest BCUT2D eigenvalue weighted by Gasteiger charge is 2.24. The van der Waals surface area contributed by atoms with E-state index in [9.17, 15) is 0 Å². The maximum Gasteiger partial charge on any atom is 0.157 e. The van der Waals surface area contributed by atoms with Gasteiger partial charge in [-0.3, -0.25) is 9.56 Å². The largest absolute Gasteiger partial charge is 0.303 e. The van der Waals surface area contributed by atoms with Crippen molar-refractivity contribution < 1.29 is 0 Å². The average molecular weight is 288 g/mol. The van der Waals surface area contributed by atoms with Crippen LogP contribution in [0.2, 0.25) is 0 Å². The standard InChI is InChI=1S/C18H16N4/c1-12-11-20-18-17(19)21-16(13-7-3-2-4-8-13)14-9-5-6-10-15(14)22(12)18/h2-11,17H,19H2,1H3/t17-/m1/s1. The van der Waals surface area contributed by atoms with Crippen LogP contribution in [0.25, 0.3) is 5.69 Å². The molecule has 0 bridgehead atoms. The highest BCUT2D eigenvalue weighted by Crippen LogP contribution is 2.29. The molecule has 22 heavy (non-hydrogen) atoms. The molecule has 2 heterocycles. The smallest absolute Gasteiger partial charge is 0.157 e. The molecule has 4 nitrogen and oxygen atoms in total. The summed E-state index contributed by atoms with van der Waals surface area (Å²) >= 11 is 0.